The molecule has 0 aliphatic heterocycles. The van der Waals surface area contributed by atoms with Gasteiger partial charge in [-0.15, -0.1) is 11.3 Å². The summed E-state index contributed by atoms with van der Waals surface area (Å²) >= 11 is 7.90. The molecule has 2 N–H and O–H groups in total. The summed E-state index contributed by atoms with van der Waals surface area (Å²) in [6.45, 7) is 0.409. The number of fused-ring (bicyclic) bond motifs is 1. The zero-order valence-electron chi connectivity index (χ0n) is 12.1. The topological polar surface area (TPSA) is 80.5 Å². The number of amides is 1. The highest BCUT2D eigenvalue weighted by Crippen LogP contribution is 2.35. The Morgan fingerprint density at radius 3 is 2.68 bits per heavy atom. The van der Waals surface area contributed by atoms with Crippen LogP contribution in [0.25, 0.3) is 10.1 Å². The van der Waals surface area contributed by atoms with Crippen LogP contribution in [0, 0.1) is 0 Å². The second kappa shape index (κ2) is 6.95. The van der Waals surface area contributed by atoms with E-state index in [0.29, 0.717) is 11.6 Å². The fraction of sp³-hybridized carbons (Fsp3) is 0.357. The van der Waals surface area contributed by atoms with E-state index in [2.05, 4.69) is 0 Å². The second-order valence-electron chi connectivity index (χ2n) is 5.06. The number of hydrogen-bond acceptors (Lipinski definition) is 4. The Hall–Kier alpha value is -1.15. The van der Waals surface area contributed by atoms with Crippen molar-refractivity contribution in [3.63, 3.8) is 0 Å². The first-order chi connectivity index (χ1) is 10.3. The predicted octanol–water partition coefficient (Wildman–Crippen LogP) is 2.58. The molecule has 120 valence electrons. The van der Waals surface area contributed by atoms with Gasteiger partial charge in [0.1, 0.15) is 0 Å². The number of hydrogen-bond donors (Lipinski definition) is 1. The molecule has 1 heterocycles. The number of primary sulfonamides is 1. The largest absolute Gasteiger partial charge is 0.341 e. The third-order valence-electron chi connectivity index (χ3n) is 3.23. The minimum absolute atomic E-state index is 0.128. The number of nitrogens with zero attached hydrogens (tertiary/aromatic N) is 1. The van der Waals surface area contributed by atoms with E-state index >= 15 is 0 Å². The maximum Gasteiger partial charge on any atom is 0.222 e. The van der Waals surface area contributed by atoms with Gasteiger partial charge in [-0.3, -0.25) is 4.79 Å². The summed E-state index contributed by atoms with van der Waals surface area (Å²) < 4.78 is 22.8. The lowest BCUT2D eigenvalue weighted by atomic mass is 10.2. The first-order valence-corrected chi connectivity index (χ1v) is 9.59. The van der Waals surface area contributed by atoms with Crippen molar-refractivity contribution in [2.24, 2.45) is 5.14 Å². The van der Waals surface area contributed by atoms with Gasteiger partial charge in [-0.1, -0.05) is 29.8 Å². The summed E-state index contributed by atoms with van der Waals surface area (Å²) in [5.74, 6) is -0.312. The van der Waals surface area contributed by atoms with Crippen molar-refractivity contribution in [3.8, 4) is 0 Å². The molecule has 2 aromatic rings. The summed E-state index contributed by atoms with van der Waals surface area (Å²) in [6.07, 6.45) is 0.373. The van der Waals surface area contributed by atoms with E-state index in [0.717, 1.165) is 15.0 Å². The van der Waals surface area contributed by atoms with E-state index in [1.807, 2.05) is 24.3 Å². The third kappa shape index (κ3) is 4.42. The third-order valence-corrected chi connectivity index (χ3v) is 5.78. The molecule has 0 unspecified atom stereocenters. The quantitative estimate of drug-likeness (QED) is 0.859. The van der Waals surface area contributed by atoms with Crippen molar-refractivity contribution >= 4 is 49.0 Å². The first-order valence-electron chi connectivity index (χ1n) is 6.68. The summed E-state index contributed by atoms with van der Waals surface area (Å²) in [5.41, 5.74) is 0. The molecule has 0 aliphatic rings. The fourth-order valence-electron chi connectivity index (χ4n) is 2.09. The normalized spacial score (nSPS) is 11.8. The average Bonchev–Trinajstić information content (AvgIpc) is 2.74. The summed E-state index contributed by atoms with van der Waals surface area (Å²) in [4.78, 5) is 14.5. The van der Waals surface area contributed by atoms with Crippen molar-refractivity contribution < 1.29 is 13.2 Å². The molecular weight excluding hydrogens is 344 g/mol. The van der Waals surface area contributed by atoms with Gasteiger partial charge < -0.3 is 4.90 Å². The van der Waals surface area contributed by atoms with E-state index in [1.165, 1.54) is 0 Å². The van der Waals surface area contributed by atoms with E-state index in [-0.39, 0.29) is 24.5 Å². The van der Waals surface area contributed by atoms with Crippen LogP contribution in [0.4, 0.5) is 0 Å². The number of halogens is 1. The monoisotopic (exact) mass is 360 g/mol. The molecule has 8 heteroatoms. The highest BCUT2D eigenvalue weighted by Gasteiger charge is 2.15. The van der Waals surface area contributed by atoms with E-state index in [1.54, 1.807) is 23.3 Å². The lowest BCUT2D eigenvalue weighted by Crippen LogP contribution is -2.26. The van der Waals surface area contributed by atoms with Crippen LogP contribution in [0.15, 0.2) is 24.3 Å². The molecule has 22 heavy (non-hydrogen) atoms. The number of benzene rings is 1. The van der Waals surface area contributed by atoms with Gasteiger partial charge in [0, 0.05) is 28.4 Å². The summed E-state index contributed by atoms with van der Waals surface area (Å²) in [6, 6.07) is 7.81. The maximum atomic E-state index is 12.0. The molecule has 0 saturated carbocycles. The van der Waals surface area contributed by atoms with Crippen molar-refractivity contribution in [1.29, 1.82) is 0 Å². The molecule has 0 spiro atoms. The Balaban J connectivity index is 1.99. The minimum Gasteiger partial charge on any atom is -0.341 e. The number of nitrogens with two attached hydrogens (primary N) is 1. The maximum absolute atomic E-state index is 12.0. The smallest absolute Gasteiger partial charge is 0.222 e. The van der Waals surface area contributed by atoms with E-state index < -0.39 is 10.0 Å². The van der Waals surface area contributed by atoms with Crippen LogP contribution < -0.4 is 5.14 Å². The number of sulfonamides is 1. The van der Waals surface area contributed by atoms with Crippen LogP contribution >= 0.6 is 22.9 Å². The first kappa shape index (κ1) is 17.2. The van der Waals surface area contributed by atoms with Crippen molar-refractivity contribution in [3.05, 3.63) is 34.2 Å². The average molecular weight is 361 g/mol. The Labute approximate surface area is 138 Å². The van der Waals surface area contributed by atoms with Gasteiger partial charge in [-0.25, -0.2) is 13.6 Å². The number of rotatable bonds is 6. The van der Waals surface area contributed by atoms with Crippen molar-refractivity contribution in [1.82, 2.24) is 4.90 Å². The van der Waals surface area contributed by atoms with Crippen LogP contribution in [0.1, 0.15) is 17.7 Å². The van der Waals surface area contributed by atoms with Crippen LogP contribution in [-0.2, 0) is 21.4 Å². The standard InChI is InChI=1S/C14H17ClN2O3S2/c1-17(13(18)7-4-8-22(16,19)20)9-12-14(15)10-5-2-3-6-11(10)21-12/h2-3,5-6H,4,7-9H2,1H3,(H2,16,19,20). The molecular formula is C14H17ClN2O3S2. The molecule has 0 saturated heterocycles. The van der Waals surface area contributed by atoms with Gasteiger partial charge in [0.25, 0.3) is 0 Å². The van der Waals surface area contributed by atoms with Crippen LogP contribution in [0.3, 0.4) is 0 Å². The predicted molar refractivity (Wildman–Crippen MR) is 90.5 cm³/mol. The van der Waals surface area contributed by atoms with Gasteiger partial charge in [0.15, 0.2) is 0 Å². The molecule has 2 rings (SSSR count). The molecule has 5 nitrogen and oxygen atoms in total. The SMILES string of the molecule is CN(Cc1sc2ccccc2c1Cl)C(=O)CCCS(N)(=O)=O. The molecule has 1 amide bonds. The molecule has 0 fully saturated rings. The summed E-state index contributed by atoms with van der Waals surface area (Å²) in [5, 5.41) is 6.57. The number of thiophene rings is 1. The Morgan fingerprint density at radius 2 is 2.05 bits per heavy atom. The Bertz CT molecular complexity index is 786. The highest BCUT2D eigenvalue weighted by molar-refractivity contribution is 7.89. The molecule has 0 bridgehead atoms. The van der Waals surface area contributed by atoms with E-state index in [4.69, 9.17) is 16.7 Å². The highest BCUT2D eigenvalue weighted by atomic mass is 35.5. The van der Waals surface area contributed by atoms with Gasteiger partial charge in [0.2, 0.25) is 15.9 Å². The Morgan fingerprint density at radius 1 is 1.36 bits per heavy atom. The fourth-order valence-corrected chi connectivity index (χ4v) is 4.18. The molecule has 1 aromatic heterocycles. The lowest BCUT2D eigenvalue weighted by molar-refractivity contribution is -0.130. The number of carbonyl (C=O) groups excluding carboxylic acids is 1. The minimum atomic E-state index is -3.52. The van der Waals surface area contributed by atoms with E-state index in [9.17, 15) is 13.2 Å². The van der Waals surface area contributed by atoms with Crippen molar-refractivity contribution in [2.45, 2.75) is 19.4 Å². The van der Waals surface area contributed by atoms with Gasteiger partial charge in [-0.05, 0) is 12.5 Å². The zero-order valence-corrected chi connectivity index (χ0v) is 14.5. The van der Waals surface area contributed by atoms with Gasteiger partial charge >= 0.3 is 0 Å². The lowest BCUT2D eigenvalue weighted by Gasteiger charge is -2.16. The molecule has 0 radical (unpaired) electrons. The number of carbonyl (C=O) groups is 1. The van der Waals surface area contributed by atoms with Gasteiger partial charge in [-0.2, -0.15) is 0 Å². The summed E-state index contributed by atoms with van der Waals surface area (Å²) in [7, 11) is -1.84. The van der Waals surface area contributed by atoms with Crippen LogP contribution in [0.5, 0.6) is 0 Å². The van der Waals surface area contributed by atoms with Gasteiger partial charge in [0.05, 0.1) is 17.3 Å². The molecule has 0 atom stereocenters. The molecule has 0 aliphatic carbocycles. The Kier molecular flexibility index (Phi) is 5.44. The van der Waals surface area contributed by atoms with Crippen LogP contribution in [-0.4, -0.2) is 32.0 Å². The second-order valence-corrected chi connectivity index (χ2v) is 8.30. The zero-order chi connectivity index (χ0) is 16.3. The van der Waals surface area contributed by atoms with Crippen molar-refractivity contribution in [2.75, 3.05) is 12.8 Å². The van der Waals surface area contributed by atoms with Crippen LogP contribution in [0.2, 0.25) is 5.02 Å². The molecule has 1 aromatic carbocycles.